The summed E-state index contributed by atoms with van der Waals surface area (Å²) in [5.74, 6) is -0.355. The third-order valence-corrected chi connectivity index (χ3v) is 5.89. The second-order valence-electron chi connectivity index (χ2n) is 8.36. The highest BCUT2D eigenvalue weighted by Gasteiger charge is 2.30. The number of alkyl halides is 3. The standard InChI is InChI=1S/C27H27ClF3N5O/c1-18-11-12-21(24(15-18)34-16-20-9-5-6-10-22(20)28)23(32)17-35-26(37)36(14-13-27(29,30)31)25(33)19-7-3-2-4-8-19/h2-12,15,32-34H,13-14,16-17H2,1H3,(H,35,37). The van der Waals surface area contributed by atoms with Gasteiger partial charge in [-0.15, -0.1) is 0 Å². The molecule has 10 heteroatoms. The summed E-state index contributed by atoms with van der Waals surface area (Å²) in [7, 11) is 0. The molecular weight excluding hydrogens is 503 g/mol. The molecular formula is C27H27ClF3N5O. The van der Waals surface area contributed by atoms with Crippen LogP contribution in [-0.4, -0.2) is 41.7 Å². The lowest BCUT2D eigenvalue weighted by molar-refractivity contribution is -0.135. The fraction of sp³-hybridized carbons (Fsp3) is 0.222. The van der Waals surface area contributed by atoms with Gasteiger partial charge in [0.1, 0.15) is 5.84 Å². The number of carbonyl (C=O) groups excluding carboxylic acids is 1. The van der Waals surface area contributed by atoms with E-state index in [4.69, 9.17) is 22.4 Å². The van der Waals surface area contributed by atoms with E-state index in [1.165, 1.54) is 0 Å². The lowest BCUT2D eigenvalue weighted by Gasteiger charge is -2.24. The summed E-state index contributed by atoms with van der Waals surface area (Å²) < 4.78 is 38.7. The van der Waals surface area contributed by atoms with Crippen LogP contribution in [0.25, 0.3) is 0 Å². The average Bonchev–Trinajstić information content (AvgIpc) is 2.86. The molecule has 194 valence electrons. The number of benzene rings is 3. The quantitative estimate of drug-likeness (QED) is 0.185. The first-order chi connectivity index (χ1) is 17.5. The molecule has 4 N–H and O–H groups in total. The van der Waals surface area contributed by atoms with Crippen molar-refractivity contribution in [2.45, 2.75) is 26.1 Å². The minimum Gasteiger partial charge on any atom is -0.380 e. The van der Waals surface area contributed by atoms with Crippen LogP contribution in [0.1, 0.15) is 28.7 Å². The lowest BCUT2D eigenvalue weighted by Crippen LogP contribution is -2.46. The number of hydrogen-bond donors (Lipinski definition) is 4. The third kappa shape index (κ3) is 8.08. The first-order valence-electron chi connectivity index (χ1n) is 11.5. The highest BCUT2D eigenvalue weighted by molar-refractivity contribution is 6.31. The summed E-state index contributed by atoms with van der Waals surface area (Å²) in [6, 6.07) is 20.0. The van der Waals surface area contributed by atoms with Gasteiger partial charge in [0.15, 0.2) is 0 Å². The van der Waals surface area contributed by atoms with Gasteiger partial charge in [0.25, 0.3) is 0 Å². The van der Waals surface area contributed by atoms with E-state index in [1.54, 1.807) is 42.5 Å². The highest BCUT2D eigenvalue weighted by Crippen LogP contribution is 2.22. The zero-order valence-corrected chi connectivity index (χ0v) is 20.9. The van der Waals surface area contributed by atoms with Gasteiger partial charge < -0.3 is 16.0 Å². The van der Waals surface area contributed by atoms with Crippen molar-refractivity contribution in [2.75, 3.05) is 18.4 Å². The van der Waals surface area contributed by atoms with Crippen molar-refractivity contribution in [1.82, 2.24) is 10.2 Å². The van der Waals surface area contributed by atoms with Crippen LogP contribution in [0.4, 0.5) is 23.7 Å². The van der Waals surface area contributed by atoms with Crippen LogP contribution in [0.15, 0.2) is 72.8 Å². The molecule has 0 unspecified atom stereocenters. The van der Waals surface area contributed by atoms with Gasteiger partial charge in [-0.3, -0.25) is 10.3 Å². The predicted molar refractivity (Wildman–Crippen MR) is 141 cm³/mol. The maximum Gasteiger partial charge on any atom is 0.390 e. The lowest BCUT2D eigenvalue weighted by atomic mass is 10.0. The second-order valence-corrected chi connectivity index (χ2v) is 8.77. The SMILES string of the molecule is Cc1ccc(C(=N)CNC(=O)N(CCC(F)(F)F)C(=N)c2ccccc2)c(NCc2ccccc2Cl)c1. The molecule has 0 aliphatic carbocycles. The van der Waals surface area contributed by atoms with Crippen LogP contribution in [-0.2, 0) is 6.54 Å². The summed E-state index contributed by atoms with van der Waals surface area (Å²) in [4.78, 5) is 13.6. The van der Waals surface area contributed by atoms with E-state index in [0.29, 0.717) is 28.4 Å². The van der Waals surface area contributed by atoms with Gasteiger partial charge in [-0.05, 0) is 30.2 Å². The van der Waals surface area contributed by atoms with Crippen LogP contribution in [0.5, 0.6) is 0 Å². The van der Waals surface area contributed by atoms with Crippen LogP contribution < -0.4 is 10.6 Å². The Bertz CT molecular complexity index is 1260. The van der Waals surface area contributed by atoms with Crippen LogP contribution in [0.2, 0.25) is 5.02 Å². The highest BCUT2D eigenvalue weighted by atomic mass is 35.5. The van der Waals surface area contributed by atoms with Gasteiger partial charge in [0, 0.05) is 34.9 Å². The van der Waals surface area contributed by atoms with E-state index < -0.39 is 25.2 Å². The minimum atomic E-state index is -4.49. The molecule has 0 fully saturated rings. The molecule has 0 saturated heterocycles. The molecule has 2 amide bonds. The van der Waals surface area contributed by atoms with Crippen LogP contribution in [0, 0.1) is 17.7 Å². The molecule has 3 aromatic carbocycles. The topological polar surface area (TPSA) is 92.1 Å². The number of hydrogen-bond acceptors (Lipinski definition) is 4. The minimum absolute atomic E-state index is 0.0528. The molecule has 0 bridgehead atoms. The monoisotopic (exact) mass is 529 g/mol. The van der Waals surface area contributed by atoms with E-state index in [2.05, 4.69) is 10.6 Å². The molecule has 0 radical (unpaired) electrons. The Hall–Kier alpha value is -3.85. The molecule has 0 spiro atoms. The number of halogens is 4. The van der Waals surface area contributed by atoms with Crippen molar-refractivity contribution in [3.63, 3.8) is 0 Å². The van der Waals surface area contributed by atoms with Gasteiger partial charge in [-0.1, -0.05) is 72.3 Å². The van der Waals surface area contributed by atoms with Crippen LogP contribution >= 0.6 is 11.6 Å². The number of nitrogens with zero attached hydrogens (tertiary/aromatic N) is 1. The number of amides is 2. The summed E-state index contributed by atoms with van der Waals surface area (Å²) >= 11 is 6.24. The largest absolute Gasteiger partial charge is 0.390 e. The van der Waals surface area contributed by atoms with Crippen molar-refractivity contribution in [3.05, 3.63) is 100 Å². The third-order valence-electron chi connectivity index (χ3n) is 5.52. The van der Waals surface area contributed by atoms with Crippen LogP contribution in [0.3, 0.4) is 0 Å². The molecule has 0 saturated carbocycles. The Morgan fingerprint density at radius 2 is 1.68 bits per heavy atom. The first kappa shape index (κ1) is 27.7. The summed E-state index contributed by atoms with van der Waals surface area (Å²) in [6.45, 7) is 1.36. The first-order valence-corrected chi connectivity index (χ1v) is 11.8. The van der Waals surface area contributed by atoms with Crippen molar-refractivity contribution in [2.24, 2.45) is 0 Å². The predicted octanol–water partition coefficient (Wildman–Crippen LogP) is 6.62. The number of aryl methyl sites for hydroxylation is 1. The van der Waals surface area contributed by atoms with E-state index in [0.717, 1.165) is 16.0 Å². The Kier molecular flexibility index (Phi) is 9.30. The smallest absolute Gasteiger partial charge is 0.380 e. The van der Waals surface area contributed by atoms with Gasteiger partial charge in [-0.25, -0.2) is 4.79 Å². The van der Waals surface area contributed by atoms with Crippen molar-refractivity contribution in [3.8, 4) is 0 Å². The van der Waals surface area contributed by atoms with E-state index in [1.807, 2.05) is 37.3 Å². The van der Waals surface area contributed by atoms with E-state index in [-0.39, 0.29) is 18.1 Å². The molecule has 0 aromatic heterocycles. The fourth-order valence-electron chi connectivity index (χ4n) is 3.56. The van der Waals surface area contributed by atoms with Gasteiger partial charge in [0.2, 0.25) is 0 Å². The maximum absolute atomic E-state index is 12.9. The van der Waals surface area contributed by atoms with E-state index >= 15 is 0 Å². The molecule has 3 aromatic rings. The Labute approximate surface area is 218 Å². The molecule has 0 aliphatic heterocycles. The zero-order valence-electron chi connectivity index (χ0n) is 20.1. The van der Waals surface area contributed by atoms with Gasteiger partial charge in [-0.2, -0.15) is 13.2 Å². The normalized spacial score (nSPS) is 11.1. The Morgan fingerprint density at radius 3 is 2.35 bits per heavy atom. The molecule has 37 heavy (non-hydrogen) atoms. The molecule has 3 rings (SSSR count). The summed E-state index contributed by atoms with van der Waals surface area (Å²) in [5.41, 5.74) is 3.37. The number of urea groups is 1. The summed E-state index contributed by atoms with van der Waals surface area (Å²) in [5, 5.41) is 23.2. The maximum atomic E-state index is 12.9. The average molecular weight is 530 g/mol. The second kappa shape index (κ2) is 12.4. The number of carbonyl (C=O) groups is 1. The molecule has 0 atom stereocenters. The molecule has 6 nitrogen and oxygen atoms in total. The molecule has 0 aliphatic rings. The van der Waals surface area contributed by atoms with Crippen molar-refractivity contribution < 1.29 is 18.0 Å². The van der Waals surface area contributed by atoms with E-state index in [9.17, 15) is 18.0 Å². The van der Waals surface area contributed by atoms with Gasteiger partial charge >= 0.3 is 12.2 Å². The Morgan fingerprint density at radius 1 is 1.00 bits per heavy atom. The van der Waals surface area contributed by atoms with Crippen molar-refractivity contribution >= 4 is 34.9 Å². The summed E-state index contributed by atoms with van der Waals surface area (Å²) in [6.07, 6.45) is -5.76. The molecule has 0 heterocycles. The number of amidine groups is 1. The number of rotatable bonds is 9. The Balaban J connectivity index is 1.72. The van der Waals surface area contributed by atoms with Crippen molar-refractivity contribution in [1.29, 1.82) is 10.8 Å². The van der Waals surface area contributed by atoms with Gasteiger partial charge in [0.05, 0.1) is 18.7 Å². The number of nitrogens with one attached hydrogen (secondary N) is 4. The zero-order chi connectivity index (χ0) is 27.0. The fourth-order valence-corrected chi connectivity index (χ4v) is 3.76. The number of anilines is 1.